The normalized spacial score (nSPS) is 15.3. The van der Waals surface area contributed by atoms with Gasteiger partial charge in [0.1, 0.15) is 11.6 Å². The molecule has 3 aromatic rings. The van der Waals surface area contributed by atoms with E-state index in [0.717, 1.165) is 11.1 Å². The number of carbonyl (C=O) groups is 2. The van der Waals surface area contributed by atoms with E-state index in [9.17, 15) is 14.0 Å². The lowest BCUT2D eigenvalue weighted by Gasteiger charge is -2.24. The summed E-state index contributed by atoms with van der Waals surface area (Å²) in [4.78, 5) is 23.4. The molecular weight excluding hydrogens is 391 g/mol. The molecule has 2 heterocycles. The first-order chi connectivity index (χ1) is 14.5. The number of ether oxygens (including phenoxy) is 2. The number of carbonyl (C=O) groups excluding carboxylic acids is 2. The van der Waals surface area contributed by atoms with Crippen LogP contribution in [0.3, 0.4) is 0 Å². The van der Waals surface area contributed by atoms with E-state index in [1.54, 1.807) is 41.2 Å². The molecule has 1 aromatic heterocycles. The van der Waals surface area contributed by atoms with Gasteiger partial charge in [-0.3, -0.25) is 9.59 Å². The van der Waals surface area contributed by atoms with Gasteiger partial charge in [-0.2, -0.15) is 5.10 Å². The standard InChI is InChI=1S/C21H19FN4O4/c1-29-18-8-12(2-7-17(18)30-11-19(23)27)15-9-20(28)25-21-16(15)10-24-26(21)14-5-3-13(22)4-6-14/h2-8,10,15H,9,11H2,1H3,(H2,23,27)(H,25,28)/t15-/m0/s1. The first-order valence-electron chi connectivity index (χ1n) is 9.19. The summed E-state index contributed by atoms with van der Waals surface area (Å²) in [5.74, 6) is -0.0348. The van der Waals surface area contributed by atoms with E-state index in [1.165, 1.54) is 19.2 Å². The SMILES string of the molecule is COc1cc([C@@H]2CC(=O)Nc3c2cnn3-c2ccc(F)cc2)ccc1OCC(N)=O. The molecule has 2 amide bonds. The van der Waals surface area contributed by atoms with Gasteiger partial charge in [0.25, 0.3) is 5.91 Å². The number of aromatic nitrogens is 2. The molecule has 1 aliphatic rings. The fourth-order valence-electron chi connectivity index (χ4n) is 3.46. The lowest BCUT2D eigenvalue weighted by molar-refractivity contribution is -0.120. The van der Waals surface area contributed by atoms with E-state index >= 15 is 0 Å². The van der Waals surface area contributed by atoms with Crippen molar-refractivity contribution in [2.24, 2.45) is 5.73 Å². The molecule has 0 radical (unpaired) electrons. The molecule has 154 valence electrons. The van der Waals surface area contributed by atoms with E-state index in [1.807, 2.05) is 0 Å². The number of primary amides is 1. The Labute approximate surface area is 171 Å². The Bertz CT molecular complexity index is 1110. The molecule has 0 saturated carbocycles. The Kier molecular flexibility index (Phi) is 5.09. The van der Waals surface area contributed by atoms with Gasteiger partial charge in [0.05, 0.1) is 19.0 Å². The second-order valence-electron chi connectivity index (χ2n) is 6.81. The number of methoxy groups -OCH3 is 1. The summed E-state index contributed by atoms with van der Waals surface area (Å²) in [6.45, 7) is -0.268. The largest absolute Gasteiger partial charge is 0.493 e. The number of nitrogens with zero attached hydrogens (tertiary/aromatic N) is 2. The molecule has 30 heavy (non-hydrogen) atoms. The van der Waals surface area contributed by atoms with Gasteiger partial charge in [0, 0.05) is 17.9 Å². The highest BCUT2D eigenvalue weighted by Gasteiger charge is 2.31. The monoisotopic (exact) mass is 410 g/mol. The highest BCUT2D eigenvalue weighted by Crippen LogP contribution is 2.40. The lowest BCUT2D eigenvalue weighted by atomic mass is 9.87. The topological polar surface area (TPSA) is 108 Å². The molecule has 9 heteroatoms. The van der Waals surface area contributed by atoms with E-state index < -0.39 is 5.91 Å². The molecule has 0 saturated heterocycles. The second-order valence-corrected chi connectivity index (χ2v) is 6.81. The molecule has 1 aliphatic heterocycles. The van der Waals surface area contributed by atoms with Crippen molar-refractivity contribution in [2.45, 2.75) is 12.3 Å². The van der Waals surface area contributed by atoms with Gasteiger partial charge in [-0.25, -0.2) is 9.07 Å². The predicted octanol–water partition coefficient (Wildman–Crippen LogP) is 2.36. The Morgan fingerprint density at radius 3 is 2.73 bits per heavy atom. The summed E-state index contributed by atoms with van der Waals surface area (Å²) in [6, 6.07) is 11.1. The number of amides is 2. The minimum Gasteiger partial charge on any atom is -0.493 e. The van der Waals surface area contributed by atoms with Gasteiger partial charge in [-0.05, 0) is 42.0 Å². The van der Waals surface area contributed by atoms with Crippen LogP contribution in [0.25, 0.3) is 5.69 Å². The number of halogens is 1. The van der Waals surface area contributed by atoms with Crippen LogP contribution in [0.2, 0.25) is 0 Å². The average Bonchev–Trinajstić information content (AvgIpc) is 3.15. The zero-order valence-corrected chi connectivity index (χ0v) is 16.1. The zero-order valence-electron chi connectivity index (χ0n) is 16.1. The van der Waals surface area contributed by atoms with Crippen LogP contribution in [0.4, 0.5) is 10.2 Å². The number of rotatable bonds is 6. The van der Waals surface area contributed by atoms with Gasteiger partial charge in [-0.1, -0.05) is 6.07 Å². The van der Waals surface area contributed by atoms with Crippen LogP contribution in [0.15, 0.2) is 48.7 Å². The minimum atomic E-state index is -0.595. The van der Waals surface area contributed by atoms with Crippen LogP contribution < -0.4 is 20.5 Å². The molecule has 1 atom stereocenters. The number of hydrogen-bond donors (Lipinski definition) is 2. The summed E-state index contributed by atoms with van der Waals surface area (Å²) in [5.41, 5.74) is 7.41. The lowest BCUT2D eigenvalue weighted by Crippen LogP contribution is -2.24. The van der Waals surface area contributed by atoms with Crippen molar-refractivity contribution in [3.63, 3.8) is 0 Å². The Balaban J connectivity index is 1.71. The molecule has 0 fully saturated rings. The first kappa shape index (κ1) is 19.4. The van der Waals surface area contributed by atoms with Crippen molar-refractivity contribution in [3.8, 4) is 17.2 Å². The predicted molar refractivity (Wildman–Crippen MR) is 106 cm³/mol. The van der Waals surface area contributed by atoms with Gasteiger partial charge < -0.3 is 20.5 Å². The molecule has 2 aromatic carbocycles. The second kappa shape index (κ2) is 7.86. The van der Waals surface area contributed by atoms with Crippen molar-refractivity contribution < 1.29 is 23.5 Å². The highest BCUT2D eigenvalue weighted by molar-refractivity contribution is 5.94. The number of nitrogens with two attached hydrogens (primary N) is 1. The minimum absolute atomic E-state index is 0.163. The van der Waals surface area contributed by atoms with E-state index in [2.05, 4.69) is 10.4 Å². The molecule has 0 aliphatic carbocycles. The van der Waals surface area contributed by atoms with Crippen LogP contribution in [-0.2, 0) is 9.59 Å². The maximum atomic E-state index is 13.3. The van der Waals surface area contributed by atoms with Gasteiger partial charge in [0.15, 0.2) is 18.1 Å². The van der Waals surface area contributed by atoms with Crippen molar-refractivity contribution in [1.29, 1.82) is 0 Å². The van der Waals surface area contributed by atoms with Crippen molar-refractivity contribution in [2.75, 3.05) is 19.0 Å². The molecule has 0 spiro atoms. The molecule has 3 N–H and O–H groups in total. The molecule has 0 bridgehead atoms. The van der Waals surface area contributed by atoms with E-state index in [4.69, 9.17) is 15.2 Å². The summed E-state index contributed by atoms with van der Waals surface area (Å²) in [7, 11) is 1.49. The summed E-state index contributed by atoms with van der Waals surface area (Å²) >= 11 is 0. The zero-order chi connectivity index (χ0) is 21.3. The van der Waals surface area contributed by atoms with Crippen LogP contribution in [0.5, 0.6) is 11.5 Å². The van der Waals surface area contributed by atoms with Crippen LogP contribution in [0.1, 0.15) is 23.5 Å². The maximum absolute atomic E-state index is 13.3. The summed E-state index contributed by atoms with van der Waals surface area (Å²) in [5, 5.41) is 7.24. The Hall–Kier alpha value is -3.88. The molecule has 4 rings (SSSR count). The van der Waals surface area contributed by atoms with Crippen LogP contribution in [-0.4, -0.2) is 35.3 Å². The fourth-order valence-corrected chi connectivity index (χ4v) is 3.46. The number of benzene rings is 2. The van der Waals surface area contributed by atoms with Crippen molar-refractivity contribution in [1.82, 2.24) is 9.78 Å². The fraction of sp³-hybridized carbons (Fsp3) is 0.190. The maximum Gasteiger partial charge on any atom is 0.255 e. The smallest absolute Gasteiger partial charge is 0.255 e. The van der Waals surface area contributed by atoms with Gasteiger partial charge in [0.2, 0.25) is 5.91 Å². The number of nitrogens with one attached hydrogen (secondary N) is 1. The van der Waals surface area contributed by atoms with Crippen molar-refractivity contribution >= 4 is 17.6 Å². The van der Waals surface area contributed by atoms with Gasteiger partial charge >= 0.3 is 0 Å². The van der Waals surface area contributed by atoms with Crippen molar-refractivity contribution in [3.05, 3.63) is 65.6 Å². The third-order valence-corrected chi connectivity index (χ3v) is 4.85. The quantitative estimate of drug-likeness (QED) is 0.649. The Morgan fingerprint density at radius 2 is 2.03 bits per heavy atom. The highest BCUT2D eigenvalue weighted by atomic mass is 19.1. The van der Waals surface area contributed by atoms with Crippen LogP contribution in [0, 0.1) is 5.82 Å². The van der Waals surface area contributed by atoms with E-state index in [0.29, 0.717) is 23.0 Å². The molecule has 0 unspecified atom stereocenters. The Morgan fingerprint density at radius 1 is 1.27 bits per heavy atom. The first-order valence-corrected chi connectivity index (χ1v) is 9.19. The van der Waals surface area contributed by atoms with Gasteiger partial charge in [-0.15, -0.1) is 0 Å². The number of anilines is 1. The average molecular weight is 410 g/mol. The molecule has 8 nitrogen and oxygen atoms in total. The number of hydrogen-bond acceptors (Lipinski definition) is 5. The summed E-state index contributed by atoms with van der Waals surface area (Å²) in [6.07, 6.45) is 1.92. The van der Waals surface area contributed by atoms with Crippen LogP contribution >= 0.6 is 0 Å². The van der Waals surface area contributed by atoms with E-state index in [-0.39, 0.29) is 30.7 Å². The number of fused-ring (bicyclic) bond motifs is 1. The molecular formula is C21H19FN4O4. The third-order valence-electron chi connectivity index (χ3n) is 4.85. The summed E-state index contributed by atoms with van der Waals surface area (Å²) < 4.78 is 25.6. The third kappa shape index (κ3) is 3.69.